The van der Waals surface area contributed by atoms with Gasteiger partial charge in [-0.25, -0.2) is 4.98 Å². The molecule has 0 spiro atoms. The fourth-order valence-corrected chi connectivity index (χ4v) is 1.37. The van der Waals surface area contributed by atoms with Gasteiger partial charge in [-0.3, -0.25) is 0 Å². The topological polar surface area (TPSA) is 59.1 Å². The van der Waals surface area contributed by atoms with E-state index in [2.05, 4.69) is 4.98 Å². The number of nitrogens with two attached hydrogens (primary N) is 1. The molecule has 1 aromatic heterocycles. The summed E-state index contributed by atoms with van der Waals surface area (Å²) >= 11 is 0. The molecule has 0 radical (unpaired) electrons. The van der Waals surface area contributed by atoms with E-state index in [1.807, 2.05) is 24.3 Å². The van der Waals surface area contributed by atoms with Crippen LogP contribution in [0.25, 0.3) is 10.9 Å². The molecule has 0 unspecified atom stereocenters. The SMILES string of the molecule is Nc1ccc2c(CO)cccc2n1. The lowest BCUT2D eigenvalue weighted by Gasteiger charge is -2.02. The molecular weight excluding hydrogens is 164 g/mol. The molecule has 13 heavy (non-hydrogen) atoms. The van der Waals surface area contributed by atoms with Crippen LogP contribution >= 0.6 is 0 Å². The molecule has 2 aromatic rings. The van der Waals surface area contributed by atoms with E-state index >= 15 is 0 Å². The maximum absolute atomic E-state index is 9.05. The van der Waals surface area contributed by atoms with E-state index in [-0.39, 0.29) is 6.61 Å². The van der Waals surface area contributed by atoms with Crippen molar-refractivity contribution in [1.82, 2.24) is 4.98 Å². The maximum atomic E-state index is 9.05. The number of nitrogens with zero attached hydrogens (tertiary/aromatic N) is 1. The van der Waals surface area contributed by atoms with Gasteiger partial charge in [0.2, 0.25) is 0 Å². The van der Waals surface area contributed by atoms with Crippen LogP contribution in [-0.2, 0) is 6.61 Å². The normalized spacial score (nSPS) is 10.5. The van der Waals surface area contributed by atoms with Gasteiger partial charge < -0.3 is 10.8 Å². The first-order valence-corrected chi connectivity index (χ1v) is 4.06. The molecule has 2 rings (SSSR count). The number of rotatable bonds is 1. The molecule has 0 fully saturated rings. The summed E-state index contributed by atoms with van der Waals surface area (Å²) in [6.45, 7) is 0.0307. The largest absolute Gasteiger partial charge is 0.392 e. The zero-order chi connectivity index (χ0) is 9.26. The van der Waals surface area contributed by atoms with Crippen molar-refractivity contribution in [2.45, 2.75) is 6.61 Å². The molecule has 1 aromatic carbocycles. The van der Waals surface area contributed by atoms with Crippen molar-refractivity contribution in [2.24, 2.45) is 0 Å². The molecule has 0 aliphatic rings. The molecule has 3 nitrogen and oxygen atoms in total. The smallest absolute Gasteiger partial charge is 0.124 e. The summed E-state index contributed by atoms with van der Waals surface area (Å²) in [5, 5.41) is 10.0. The van der Waals surface area contributed by atoms with Crippen molar-refractivity contribution in [3.05, 3.63) is 35.9 Å². The van der Waals surface area contributed by atoms with Crippen LogP contribution in [0.3, 0.4) is 0 Å². The van der Waals surface area contributed by atoms with Gasteiger partial charge in [0.05, 0.1) is 12.1 Å². The second-order valence-electron chi connectivity index (χ2n) is 2.88. The quantitative estimate of drug-likeness (QED) is 0.685. The van der Waals surface area contributed by atoms with Gasteiger partial charge in [0.25, 0.3) is 0 Å². The summed E-state index contributed by atoms with van der Waals surface area (Å²) < 4.78 is 0. The number of aliphatic hydroxyl groups excluding tert-OH is 1. The Morgan fingerprint density at radius 1 is 1.23 bits per heavy atom. The van der Waals surface area contributed by atoms with Crippen molar-refractivity contribution >= 4 is 16.7 Å². The van der Waals surface area contributed by atoms with E-state index in [1.165, 1.54) is 0 Å². The lowest BCUT2D eigenvalue weighted by Crippen LogP contribution is -1.92. The molecule has 0 aliphatic heterocycles. The molecule has 66 valence electrons. The number of aromatic nitrogens is 1. The summed E-state index contributed by atoms with van der Waals surface area (Å²) in [7, 11) is 0. The van der Waals surface area contributed by atoms with E-state index in [0.717, 1.165) is 16.5 Å². The minimum absolute atomic E-state index is 0.0307. The Morgan fingerprint density at radius 3 is 2.85 bits per heavy atom. The third-order valence-electron chi connectivity index (χ3n) is 2.01. The Hall–Kier alpha value is -1.61. The van der Waals surface area contributed by atoms with Crippen molar-refractivity contribution < 1.29 is 5.11 Å². The number of hydrogen-bond donors (Lipinski definition) is 2. The maximum Gasteiger partial charge on any atom is 0.124 e. The highest BCUT2D eigenvalue weighted by Crippen LogP contribution is 2.17. The average Bonchev–Trinajstić information content (AvgIpc) is 2.16. The van der Waals surface area contributed by atoms with Crippen LogP contribution in [0.2, 0.25) is 0 Å². The first kappa shape index (κ1) is 8.01. The van der Waals surface area contributed by atoms with E-state index in [4.69, 9.17) is 10.8 Å². The van der Waals surface area contributed by atoms with Gasteiger partial charge in [0.15, 0.2) is 0 Å². The predicted octanol–water partition coefficient (Wildman–Crippen LogP) is 1.31. The molecule has 0 bridgehead atoms. The van der Waals surface area contributed by atoms with Crippen LogP contribution in [0.1, 0.15) is 5.56 Å². The average molecular weight is 174 g/mol. The van der Waals surface area contributed by atoms with Crippen LogP contribution in [0.15, 0.2) is 30.3 Å². The molecule has 0 aliphatic carbocycles. The number of nitrogen functional groups attached to an aromatic ring is 1. The van der Waals surface area contributed by atoms with Crippen LogP contribution < -0.4 is 5.73 Å². The fourth-order valence-electron chi connectivity index (χ4n) is 1.37. The van der Waals surface area contributed by atoms with Gasteiger partial charge in [-0.1, -0.05) is 12.1 Å². The summed E-state index contributed by atoms with van der Waals surface area (Å²) in [6, 6.07) is 9.23. The number of hydrogen-bond acceptors (Lipinski definition) is 3. The van der Waals surface area contributed by atoms with E-state index in [9.17, 15) is 0 Å². The molecule has 1 heterocycles. The third kappa shape index (κ3) is 1.34. The molecule has 0 atom stereocenters. The third-order valence-corrected chi connectivity index (χ3v) is 2.01. The number of fused-ring (bicyclic) bond motifs is 1. The highest BCUT2D eigenvalue weighted by molar-refractivity contribution is 5.83. The van der Waals surface area contributed by atoms with Gasteiger partial charge in [0.1, 0.15) is 5.82 Å². The van der Waals surface area contributed by atoms with Crippen molar-refractivity contribution in [3.63, 3.8) is 0 Å². The van der Waals surface area contributed by atoms with E-state index in [0.29, 0.717) is 5.82 Å². The van der Waals surface area contributed by atoms with Crippen LogP contribution in [0.4, 0.5) is 5.82 Å². The van der Waals surface area contributed by atoms with Gasteiger partial charge in [0, 0.05) is 5.39 Å². The summed E-state index contributed by atoms with van der Waals surface area (Å²) in [5.41, 5.74) is 7.25. The van der Waals surface area contributed by atoms with Crippen LogP contribution in [0.5, 0.6) is 0 Å². The van der Waals surface area contributed by atoms with Crippen molar-refractivity contribution in [1.29, 1.82) is 0 Å². The van der Waals surface area contributed by atoms with Crippen molar-refractivity contribution in [2.75, 3.05) is 5.73 Å². The molecular formula is C10H10N2O. The van der Waals surface area contributed by atoms with Crippen LogP contribution in [0, 0.1) is 0 Å². The van der Waals surface area contributed by atoms with Gasteiger partial charge in [-0.15, -0.1) is 0 Å². The number of anilines is 1. The molecule has 3 heteroatoms. The lowest BCUT2D eigenvalue weighted by atomic mass is 10.1. The Kier molecular flexibility index (Phi) is 1.87. The van der Waals surface area contributed by atoms with Gasteiger partial charge in [-0.05, 0) is 23.8 Å². The molecule has 0 saturated carbocycles. The summed E-state index contributed by atoms with van der Waals surface area (Å²) in [6.07, 6.45) is 0. The minimum Gasteiger partial charge on any atom is -0.392 e. The highest BCUT2D eigenvalue weighted by atomic mass is 16.3. The highest BCUT2D eigenvalue weighted by Gasteiger charge is 1.99. The summed E-state index contributed by atoms with van der Waals surface area (Å²) in [4.78, 5) is 4.15. The Labute approximate surface area is 75.8 Å². The Morgan fingerprint density at radius 2 is 2.08 bits per heavy atom. The zero-order valence-corrected chi connectivity index (χ0v) is 7.07. The first-order chi connectivity index (χ1) is 6.31. The second-order valence-corrected chi connectivity index (χ2v) is 2.88. The minimum atomic E-state index is 0.0307. The van der Waals surface area contributed by atoms with Gasteiger partial charge >= 0.3 is 0 Å². The lowest BCUT2D eigenvalue weighted by molar-refractivity contribution is 0.283. The Bertz CT molecular complexity index is 440. The van der Waals surface area contributed by atoms with Crippen LogP contribution in [-0.4, -0.2) is 10.1 Å². The predicted molar refractivity (Wildman–Crippen MR) is 52.1 cm³/mol. The zero-order valence-electron chi connectivity index (χ0n) is 7.07. The molecule has 0 saturated heterocycles. The number of pyridine rings is 1. The van der Waals surface area contributed by atoms with Gasteiger partial charge in [-0.2, -0.15) is 0 Å². The van der Waals surface area contributed by atoms with Crippen molar-refractivity contribution in [3.8, 4) is 0 Å². The summed E-state index contributed by atoms with van der Waals surface area (Å²) in [5.74, 6) is 0.502. The first-order valence-electron chi connectivity index (χ1n) is 4.06. The Balaban J connectivity index is 2.77. The molecule has 0 amide bonds. The number of aliphatic hydroxyl groups is 1. The second kappa shape index (κ2) is 3.03. The van der Waals surface area contributed by atoms with E-state index in [1.54, 1.807) is 6.07 Å². The monoisotopic (exact) mass is 174 g/mol. The fraction of sp³-hybridized carbons (Fsp3) is 0.100. The standard InChI is InChI=1S/C10H10N2O/c11-10-5-4-8-7(6-13)2-1-3-9(8)12-10/h1-5,13H,6H2,(H2,11,12). The molecule has 3 N–H and O–H groups in total. The number of benzene rings is 1. The van der Waals surface area contributed by atoms with E-state index < -0.39 is 0 Å².